The number of hydrogen-bond donors (Lipinski definition) is 1. The molecular formula is C8H12INO. The van der Waals surface area contributed by atoms with Gasteiger partial charge < -0.3 is 5.32 Å². The minimum atomic E-state index is 0.271. The number of piperidine rings is 1. The monoisotopic (exact) mass is 265 g/mol. The van der Waals surface area contributed by atoms with Crippen LogP contribution in [-0.2, 0) is 4.79 Å². The molecule has 0 aromatic heterocycles. The molecule has 1 aliphatic carbocycles. The molecule has 3 atom stereocenters. The van der Waals surface area contributed by atoms with Gasteiger partial charge in [-0.3, -0.25) is 4.79 Å². The molecule has 1 saturated carbocycles. The number of alkyl halides is 1. The fourth-order valence-electron chi connectivity index (χ4n) is 2.08. The lowest BCUT2D eigenvalue weighted by atomic mass is 9.81. The van der Waals surface area contributed by atoms with Crippen LogP contribution in [0.2, 0.25) is 0 Å². The molecule has 2 aliphatic rings. The second-order valence-electron chi connectivity index (χ2n) is 3.57. The van der Waals surface area contributed by atoms with E-state index in [-0.39, 0.29) is 5.91 Å². The van der Waals surface area contributed by atoms with Crippen LogP contribution in [0.4, 0.5) is 0 Å². The van der Waals surface area contributed by atoms with E-state index in [1.165, 1.54) is 19.3 Å². The maximum absolute atomic E-state index is 11.1. The van der Waals surface area contributed by atoms with E-state index in [1.807, 2.05) is 0 Å². The smallest absolute Gasteiger partial charge is 0.220 e. The highest BCUT2D eigenvalue weighted by Crippen LogP contribution is 2.34. The van der Waals surface area contributed by atoms with E-state index in [0.717, 1.165) is 6.42 Å². The second kappa shape index (κ2) is 2.92. The maximum Gasteiger partial charge on any atom is 0.220 e. The van der Waals surface area contributed by atoms with Crippen LogP contribution in [0.25, 0.3) is 0 Å². The number of fused-ring (bicyclic) bond motifs is 2. The van der Waals surface area contributed by atoms with Gasteiger partial charge in [-0.05, 0) is 25.2 Å². The first-order valence-corrected chi connectivity index (χ1v) is 5.43. The van der Waals surface area contributed by atoms with E-state index >= 15 is 0 Å². The van der Waals surface area contributed by atoms with Crippen LogP contribution in [-0.4, -0.2) is 15.9 Å². The van der Waals surface area contributed by atoms with Crippen molar-refractivity contribution in [1.82, 2.24) is 5.32 Å². The number of rotatable bonds is 0. The van der Waals surface area contributed by atoms with Gasteiger partial charge in [-0.1, -0.05) is 22.6 Å². The van der Waals surface area contributed by atoms with Crippen molar-refractivity contribution in [2.75, 3.05) is 0 Å². The maximum atomic E-state index is 11.1. The molecule has 1 amide bonds. The third kappa shape index (κ3) is 1.53. The summed E-state index contributed by atoms with van der Waals surface area (Å²) >= 11 is 2.46. The van der Waals surface area contributed by atoms with E-state index in [1.54, 1.807) is 0 Å². The summed E-state index contributed by atoms with van der Waals surface area (Å²) in [5, 5.41) is 3.05. The molecule has 62 valence electrons. The summed E-state index contributed by atoms with van der Waals surface area (Å²) in [5.74, 6) is 0.965. The number of hydrogen-bond acceptors (Lipinski definition) is 1. The lowest BCUT2D eigenvalue weighted by Crippen LogP contribution is -2.49. The largest absolute Gasteiger partial charge is 0.352 e. The van der Waals surface area contributed by atoms with Gasteiger partial charge in [0, 0.05) is 16.4 Å². The zero-order valence-electron chi connectivity index (χ0n) is 6.35. The van der Waals surface area contributed by atoms with Gasteiger partial charge in [0.25, 0.3) is 0 Å². The summed E-state index contributed by atoms with van der Waals surface area (Å²) in [7, 11) is 0. The van der Waals surface area contributed by atoms with Crippen molar-refractivity contribution in [1.29, 1.82) is 0 Å². The summed E-state index contributed by atoms with van der Waals surface area (Å²) in [6, 6.07) is 0.482. The second-order valence-corrected chi connectivity index (χ2v) is 5.17. The summed E-state index contributed by atoms with van der Waals surface area (Å²) in [6.07, 6.45) is 4.55. The van der Waals surface area contributed by atoms with Gasteiger partial charge in [-0.15, -0.1) is 0 Å². The summed E-state index contributed by atoms with van der Waals surface area (Å²) in [4.78, 5) is 11.1. The van der Waals surface area contributed by atoms with Crippen molar-refractivity contribution in [3.63, 3.8) is 0 Å². The highest BCUT2D eigenvalue weighted by atomic mass is 127. The molecule has 0 spiro atoms. The predicted molar refractivity (Wildman–Crippen MR) is 51.7 cm³/mol. The Labute approximate surface area is 80.3 Å². The highest BCUT2D eigenvalue weighted by molar-refractivity contribution is 14.1. The summed E-state index contributed by atoms with van der Waals surface area (Å²) in [5.41, 5.74) is 0. The van der Waals surface area contributed by atoms with Crippen LogP contribution < -0.4 is 5.32 Å². The van der Waals surface area contributed by atoms with Crippen molar-refractivity contribution in [3.8, 4) is 0 Å². The fourth-order valence-corrected chi connectivity index (χ4v) is 2.92. The molecule has 0 aromatic carbocycles. The fraction of sp³-hybridized carbons (Fsp3) is 0.875. The first-order valence-electron chi connectivity index (χ1n) is 4.19. The van der Waals surface area contributed by atoms with Crippen LogP contribution in [0.15, 0.2) is 0 Å². The van der Waals surface area contributed by atoms with Crippen molar-refractivity contribution in [2.24, 2.45) is 5.92 Å². The average Bonchev–Trinajstić information content (AvgIpc) is 1.97. The topological polar surface area (TPSA) is 29.1 Å². The molecule has 2 nitrogen and oxygen atoms in total. The molecule has 0 radical (unpaired) electrons. The Balaban J connectivity index is 2.08. The van der Waals surface area contributed by atoms with Crippen LogP contribution in [0.5, 0.6) is 0 Å². The van der Waals surface area contributed by atoms with Crippen LogP contribution in [0, 0.1) is 5.92 Å². The predicted octanol–water partition coefficient (Wildman–Crippen LogP) is 1.48. The number of carbonyl (C=O) groups is 1. The zero-order valence-corrected chi connectivity index (χ0v) is 8.50. The molecule has 1 saturated heterocycles. The first kappa shape index (κ1) is 7.83. The van der Waals surface area contributed by atoms with Gasteiger partial charge in [0.05, 0.1) is 0 Å². The number of nitrogens with one attached hydrogen (secondary N) is 1. The third-order valence-corrected chi connectivity index (χ3v) is 4.19. The first-order chi connectivity index (χ1) is 5.25. The number of amides is 1. The molecule has 2 bridgehead atoms. The van der Waals surface area contributed by atoms with E-state index in [9.17, 15) is 4.79 Å². The van der Waals surface area contributed by atoms with E-state index in [2.05, 4.69) is 27.9 Å². The van der Waals surface area contributed by atoms with Gasteiger partial charge in [0.2, 0.25) is 5.91 Å². The van der Waals surface area contributed by atoms with E-state index in [0.29, 0.717) is 15.9 Å². The average molecular weight is 265 g/mol. The Morgan fingerprint density at radius 2 is 2.27 bits per heavy atom. The van der Waals surface area contributed by atoms with Gasteiger partial charge >= 0.3 is 0 Å². The highest BCUT2D eigenvalue weighted by Gasteiger charge is 2.34. The quantitative estimate of drug-likeness (QED) is 0.521. The van der Waals surface area contributed by atoms with Crippen molar-refractivity contribution in [2.45, 2.75) is 35.6 Å². The Morgan fingerprint density at radius 1 is 1.45 bits per heavy atom. The molecule has 0 aromatic rings. The SMILES string of the molecule is O=C1C[C@@H]2CC[C@@H](I)[C@@H](C2)N1. The summed E-state index contributed by atoms with van der Waals surface area (Å²) < 4.78 is 0.674. The minimum Gasteiger partial charge on any atom is -0.352 e. The summed E-state index contributed by atoms with van der Waals surface area (Å²) in [6.45, 7) is 0. The molecule has 2 rings (SSSR count). The third-order valence-electron chi connectivity index (χ3n) is 2.70. The van der Waals surface area contributed by atoms with Gasteiger partial charge in [-0.2, -0.15) is 0 Å². The molecule has 1 heterocycles. The molecule has 11 heavy (non-hydrogen) atoms. The van der Waals surface area contributed by atoms with Gasteiger partial charge in [0.15, 0.2) is 0 Å². The number of carbonyl (C=O) groups excluding carboxylic acids is 1. The Bertz CT molecular complexity index is 183. The molecule has 0 unspecified atom stereocenters. The number of halogens is 1. The Kier molecular flexibility index (Phi) is 2.08. The zero-order chi connectivity index (χ0) is 7.84. The Hall–Kier alpha value is 0.200. The molecule has 2 fully saturated rings. The lowest BCUT2D eigenvalue weighted by Gasteiger charge is -2.37. The van der Waals surface area contributed by atoms with E-state index < -0.39 is 0 Å². The minimum absolute atomic E-state index is 0.271. The molecule has 1 aliphatic heterocycles. The van der Waals surface area contributed by atoms with E-state index in [4.69, 9.17) is 0 Å². The van der Waals surface area contributed by atoms with Crippen molar-refractivity contribution < 1.29 is 4.79 Å². The molecule has 1 N–H and O–H groups in total. The normalized spacial score (nSPS) is 43.4. The lowest BCUT2D eigenvalue weighted by molar-refractivity contribution is -0.125. The molecular weight excluding hydrogens is 253 g/mol. The van der Waals surface area contributed by atoms with Gasteiger partial charge in [0.1, 0.15) is 0 Å². The van der Waals surface area contributed by atoms with Crippen molar-refractivity contribution in [3.05, 3.63) is 0 Å². The van der Waals surface area contributed by atoms with Crippen LogP contribution in [0.3, 0.4) is 0 Å². The van der Waals surface area contributed by atoms with Gasteiger partial charge in [-0.25, -0.2) is 0 Å². The molecule has 3 heteroatoms. The Morgan fingerprint density at radius 3 is 3.09 bits per heavy atom. The van der Waals surface area contributed by atoms with Crippen LogP contribution >= 0.6 is 22.6 Å². The van der Waals surface area contributed by atoms with Crippen molar-refractivity contribution >= 4 is 28.5 Å². The van der Waals surface area contributed by atoms with Crippen LogP contribution in [0.1, 0.15) is 25.7 Å². The standard InChI is InChI=1S/C8H12INO/c9-6-2-1-5-3-7(6)10-8(11)4-5/h5-7H,1-4H2,(H,10,11)/t5-,6-,7-/m1/s1.